The number of ether oxygens (including phenoxy) is 2. The summed E-state index contributed by atoms with van der Waals surface area (Å²) in [6, 6.07) is 0. The van der Waals surface area contributed by atoms with E-state index in [2.05, 4.69) is 26.0 Å². The highest BCUT2D eigenvalue weighted by atomic mass is 79.9. The molecule has 0 aromatic heterocycles. The normalized spacial score (nSPS) is 15.1. The minimum atomic E-state index is -0.290. The maximum atomic E-state index is 10.9. The van der Waals surface area contributed by atoms with Crippen molar-refractivity contribution >= 4 is 21.9 Å². The molecule has 0 rings (SSSR count). The van der Waals surface area contributed by atoms with Gasteiger partial charge in [0.15, 0.2) is 0 Å². The van der Waals surface area contributed by atoms with Crippen molar-refractivity contribution < 1.29 is 14.3 Å². The second-order valence-electron chi connectivity index (χ2n) is 2.70. The summed E-state index contributed by atoms with van der Waals surface area (Å²) < 4.78 is 9.56. The van der Waals surface area contributed by atoms with E-state index in [1.54, 1.807) is 7.11 Å². The van der Waals surface area contributed by atoms with Crippen molar-refractivity contribution in [1.82, 2.24) is 5.32 Å². The number of hydrogen-bond donors (Lipinski definition) is 1. The third kappa shape index (κ3) is 6.01. The van der Waals surface area contributed by atoms with Gasteiger partial charge in [-0.15, -0.1) is 0 Å². The van der Waals surface area contributed by atoms with Gasteiger partial charge < -0.3 is 14.8 Å². The smallest absolute Gasteiger partial charge is 0.320 e. The van der Waals surface area contributed by atoms with Crippen molar-refractivity contribution in [2.24, 2.45) is 0 Å². The summed E-state index contributed by atoms with van der Waals surface area (Å²) in [4.78, 5) is 10.6. The molecule has 0 spiro atoms. The van der Waals surface area contributed by atoms with E-state index in [1.807, 2.05) is 6.92 Å². The molecule has 0 aliphatic rings. The molecule has 13 heavy (non-hydrogen) atoms. The van der Waals surface area contributed by atoms with E-state index in [1.165, 1.54) is 7.11 Å². The topological polar surface area (TPSA) is 47.6 Å². The van der Waals surface area contributed by atoms with Gasteiger partial charge in [-0.3, -0.25) is 4.79 Å². The highest BCUT2D eigenvalue weighted by Gasteiger charge is 2.14. The lowest BCUT2D eigenvalue weighted by atomic mass is 10.3. The molecule has 0 amide bonds. The fourth-order valence-corrected chi connectivity index (χ4v) is 1.12. The van der Waals surface area contributed by atoms with Gasteiger partial charge in [0.25, 0.3) is 0 Å². The van der Waals surface area contributed by atoms with Gasteiger partial charge in [-0.05, 0) is 6.92 Å². The van der Waals surface area contributed by atoms with Gasteiger partial charge in [0.1, 0.15) is 4.83 Å². The quantitative estimate of drug-likeness (QED) is 0.555. The predicted molar refractivity (Wildman–Crippen MR) is 54.1 cm³/mol. The van der Waals surface area contributed by atoms with E-state index >= 15 is 0 Å². The van der Waals surface area contributed by atoms with Gasteiger partial charge in [0, 0.05) is 20.2 Å². The molecule has 4 nitrogen and oxygen atoms in total. The van der Waals surface area contributed by atoms with Gasteiger partial charge >= 0.3 is 5.97 Å². The lowest BCUT2D eigenvalue weighted by Crippen LogP contribution is -2.34. The number of halogens is 1. The molecule has 0 fully saturated rings. The first-order chi connectivity index (χ1) is 6.11. The third-order valence-corrected chi connectivity index (χ3v) is 2.31. The Morgan fingerprint density at radius 3 is 2.54 bits per heavy atom. The highest BCUT2D eigenvalue weighted by Crippen LogP contribution is 1.99. The fourth-order valence-electron chi connectivity index (χ4n) is 0.708. The Hall–Kier alpha value is -0.130. The average Bonchev–Trinajstić information content (AvgIpc) is 2.15. The molecule has 2 unspecified atom stereocenters. The molecule has 0 aromatic carbocycles. The lowest BCUT2D eigenvalue weighted by molar-refractivity contribution is -0.139. The molecule has 0 heterocycles. The van der Waals surface area contributed by atoms with Gasteiger partial charge in [-0.25, -0.2) is 0 Å². The van der Waals surface area contributed by atoms with Crippen molar-refractivity contribution in [3.05, 3.63) is 0 Å². The Labute approximate surface area is 87.1 Å². The van der Waals surface area contributed by atoms with Crippen LogP contribution in [0, 0.1) is 0 Å². The van der Waals surface area contributed by atoms with Crippen molar-refractivity contribution in [1.29, 1.82) is 0 Å². The third-order valence-electron chi connectivity index (χ3n) is 1.61. The summed E-state index contributed by atoms with van der Waals surface area (Å²) in [5.41, 5.74) is 0. The number of carbonyl (C=O) groups is 1. The van der Waals surface area contributed by atoms with Crippen LogP contribution in [-0.4, -0.2) is 44.2 Å². The zero-order chi connectivity index (χ0) is 10.3. The van der Waals surface area contributed by atoms with Gasteiger partial charge in [-0.2, -0.15) is 0 Å². The zero-order valence-corrected chi connectivity index (χ0v) is 9.76. The molecule has 0 saturated carbocycles. The van der Waals surface area contributed by atoms with E-state index in [-0.39, 0.29) is 16.9 Å². The molecule has 0 aliphatic carbocycles. The van der Waals surface area contributed by atoms with Gasteiger partial charge in [0.2, 0.25) is 0 Å². The number of alkyl halides is 1. The van der Waals surface area contributed by atoms with Crippen LogP contribution in [-0.2, 0) is 14.3 Å². The summed E-state index contributed by atoms with van der Waals surface area (Å²) in [6.45, 7) is 3.21. The SMILES string of the molecule is COC(=O)C(Br)CNCC(C)OC. The van der Waals surface area contributed by atoms with E-state index in [9.17, 15) is 4.79 Å². The average molecular weight is 254 g/mol. The second-order valence-corrected chi connectivity index (χ2v) is 3.80. The molecule has 0 aromatic rings. The van der Waals surface area contributed by atoms with Gasteiger partial charge in [0.05, 0.1) is 13.2 Å². The molecule has 0 radical (unpaired) electrons. The van der Waals surface area contributed by atoms with Crippen LogP contribution in [0.4, 0.5) is 0 Å². The monoisotopic (exact) mass is 253 g/mol. The predicted octanol–water partition coefficient (Wildman–Crippen LogP) is 0.547. The minimum Gasteiger partial charge on any atom is -0.468 e. The lowest BCUT2D eigenvalue weighted by Gasteiger charge is -2.12. The number of nitrogens with one attached hydrogen (secondary N) is 1. The standard InChI is InChI=1S/C8H16BrNO3/c1-6(12-2)4-10-5-7(9)8(11)13-3/h6-7,10H,4-5H2,1-3H3. The number of carbonyl (C=O) groups excluding carboxylic acids is 1. The van der Waals surface area contributed by atoms with Crippen LogP contribution in [0.1, 0.15) is 6.92 Å². The van der Waals surface area contributed by atoms with Crippen LogP contribution < -0.4 is 5.32 Å². The maximum Gasteiger partial charge on any atom is 0.320 e. The summed E-state index contributed by atoms with van der Waals surface area (Å²) in [7, 11) is 3.02. The van der Waals surface area contributed by atoms with E-state index in [0.29, 0.717) is 6.54 Å². The molecular formula is C8H16BrNO3. The van der Waals surface area contributed by atoms with Crippen molar-refractivity contribution in [2.75, 3.05) is 27.3 Å². The maximum absolute atomic E-state index is 10.9. The zero-order valence-electron chi connectivity index (χ0n) is 8.17. The van der Waals surface area contributed by atoms with Gasteiger partial charge in [-0.1, -0.05) is 15.9 Å². The van der Waals surface area contributed by atoms with Crippen LogP contribution in [0.15, 0.2) is 0 Å². The summed E-state index contributed by atoms with van der Waals surface area (Å²) >= 11 is 3.20. The van der Waals surface area contributed by atoms with Crippen molar-refractivity contribution in [3.8, 4) is 0 Å². The van der Waals surface area contributed by atoms with Crippen LogP contribution in [0.5, 0.6) is 0 Å². The molecule has 0 aliphatic heterocycles. The number of hydrogen-bond acceptors (Lipinski definition) is 4. The van der Waals surface area contributed by atoms with Crippen molar-refractivity contribution in [3.63, 3.8) is 0 Å². The number of rotatable bonds is 6. The first kappa shape index (κ1) is 12.9. The Balaban J connectivity index is 3.47. The highest BCUT2D eigenvalue weighted by molar-refractivity contribution is 9.10. The molecule has 0 saturated heterocycles. The van der Waals surface area contributed by atoms with Crippen LogP contribution in [0.2, 0.25) is 0 Å². The van der Waals surface area contributed by atoms with E-state index < -0.39 is 0 Å². The molecule has 78 valence electrons. The second kappa shape index (κ2) is 7.29. The summed E-state index contributed by atoms with van der Waals surface area (Å²) in [5.74, 6) is -0.266. The van der Waals surface area contributed by atoms with Crippen LogP contribution in [0.3, 0.4) is 0 Å². The van der Waals surface area contributed by atoms with Crippen LogP contribution >= 0.6 is 15.9 Å². The molecule has 5 heteroatoms. The van der Waals surface area contributed by atoms with E-state index in [0.717, 1.165) is 6.54 Å². The van der Waals surface area contributed by atoms with Crippen molar-refractivity contribution in [2.45, 2.75) is 17.9 Å². The first-order valence-electron chi connectivity index (χ1n) is 4.07. The minimum absolute atomic E-state index is 0.150. The summed E-state index contributed by atoms with van der Waals surface area (Å²) in [5, 5.41) is 3.08. The summed E-state index contributed by atoms with van der Waals surface area (Å²) in [6.07, 6.45) is 0.150. The Morgan fingerprint density at radius 2 is 2.08 bits per heavy atom. The molecule has 1 N–H and O–H groups in total. The molecule has 2 atom stereocenters. The Morgan fingerprint density at radius 1 is 1.46 bits per heavy atom. The molecular weight excluding hydrogens is 238 g/mol. The number of methoxy groups -OCH3 is 2. The number of esters is 1. The largest absolute Gasteiger partial charge is 0.468 e. The molecule has 0 bridgehead atoms. The van der Waals surface area contributed by atoms with Crippen LogP contribution in [0.25, 0.3) is 0 Å². The Bertz CT molecular complexity index is 154. The van der Waals surface area contributed by atoms with E-state index in [4.69, 9.17) is 4.74 Å². The Kier molecular flexibility index (Phi) is 7.22. The fraction of sp³-hybridized carbons (Fsp3) is 0.875. The first-order valence-corrected chi connectivity index (χ1v) is 4.98.